The number of carbonyl (C=O) groups is 1. The van der Waals surface area contributed by atoms with E-state index in [4.69, 9.17) is 16.3 Å². The number of para-hydroxylation sites is 1. The van der Waals surface area contributed by atoms with Crippen molar-refractivity contribution in [1.29, 1.82) is 0 Å². The highest BCUT2D eigenvalue weighted by Gasteiger charge is 2.31. The van der Waals surface area contributed by atoms with Crippen LogP contribution in [0.15, 0.2) is 48.7 Å². The first-order chi connectivity index (χ1) is 14.3. The molecule has 0 unspecified atom stereocenters. The van der Waals surface area contributed by atoms with Crippen molar-refractivity contribution < 1.29 is 22.7 Å². The van der Waals surface area contributed by atoms with Crippen LogP contribution < -0.4 is 10.1 Å². The van der Waals surface area contributed by atoms with Gasteiger partial charge in [-0.2, -0.15) is 13.2 Å². The second kappa shape index (κ2) is 8.28. The summed E-state index contributed by atoms with van der Waals surface area (Å²) in [5.74, 6) is 0.240. The van der Waals surface area contributed by atoms with Gasteiger partial charge in [0.2, 0.25) is 5.91 Å². The predicted octanol–water partition coefficient (Wildman–Crippen LogP) is 5.60. The maximum Gasteiger partial charge on any atom is 0.416 e. The quantitative estimate of drug-likeness (QED) is 0.561. The molecule has 0 fully saturated rings. The molecular formula is C21H16ClF3N2O2S. The lowest BCUT2D eigenvalue weighted by molar-refractivity contribution is -0.137. The Balaban J connectivity index is 1.42. The van der Waals surface area contributed by atoms with Gasteiger partial charge in [-0.25, -0.2) is 4.98 Å². The molecule has 1 aromatic heterocycles. The van der Waals surface area contributed by atoms with Crippen molar-refractivity contribution in [3.05, 3.63) is 75.3 Å². The Morgan fingerprint density at radius 1 is 1.27 bits per heavy atom. The number of alkyl halides is 3. The van der Waals surface area contributed by atoms with Crippen molar-refractivity contribution in [3.63, 3.8) is 0 Å². The number of halogens is 4. The normalized spacial score (nSPS) is 15.9. The van der Waals surface area contributed by atoms with Gasteiger partial charge < -0.3 is 10.1 Å². The Morgan fingerprint density at radius 3 is 2.87 bits per heavy atom. The van der Waals surface area contributed by atoms with Gasteiger partial charge in [-0.15, -0.1) is 11.3 Å². The van der Waals surface area contributed by atoms with Crippen molar-refractivity contribution in [2.24, 2.45) is 5.92 Å². The molecule has 0 aliphatic carbocycles. The molecule has 0 bridgehead atoms. The summed E-state index contributed by atoms with van der Waals surface area (Å²) in [6.07, 6.45) is -2.15. The molecule has 2 heterocycles. The number of nitrogens with one attached hydrogen (secondary N) is 1. The van der Waals surface area contributed by atoms with Crippen LogP contribution in [0, 0.1) is 5.92 Å². The molecule has 1 atom stereocenters. The molecule has 2 aromatic carbocycles. The number of hydrogen-bond donors (Lipinski definition) is 1. The molecule has 4 nitrogen and oxygen atoms in total. The molecule has 30 heavy (non-hydrogen) atoms. The molecule has 0 saturated carbocycles. The Morgan fingerprint density at radius 2 is 2.07 bits per heavy atom. The Kier molecular flexibility index (Phi) is 5.71. The van der Waals surface area contributed by atoms with E-state index in [0.29, 0.717) is 22.0 Å². The summed E-state index contributed by atoms with van der Waals surface area (Å²) in [5, 5.41) is 3.41. The zero-order valence-corrected chi connectivity index (χ0v) is 17.1. The van der Waals surface area contributed by atoms with Gasteiger partial charge in [0.1, 0.15) is 12.4 Å². The standard InChI is InChI=1S/C21H16ClF3N2O2S/c22-17-6-5-15(21(23,24)25)8-13(17)9-16-10-26-20(30-16)27-19(28)14-7-12-3-1-2-4-18(12)29-11-14/h1-6,8,10,14H,7,9,11H2,(H,26,27,28)/t14-/m0/s1. The fourth-order valence-corrected chi connectivity index (χ4v) is 4.25. The molecule has 1 aliphatic rings. The van der Waals surface area contributed by atoms with Gasteiger partial charge in [0.25, 0.3) is 0 Å². The van der Waals surface area contributed by atoms with E-state index in [0.717, 1.165) is 23.4 Å². The van der Waals surface area contributed by atoms with Crippen LogP contribution in [0.1, 0.15) is 21.6 Å². The summed E-state index contributed by atoms with van der Waals surface area (Å²) >= 11 is 7.27. The van der Waals surface area contributed by atoms with Crippen molar-refractivity contribution in [2.75, 3.05) is 11.9 Å². The van der Waals surface area contributed by atoms with E-state index in [1.54, 1.807) is 0 Å². The minimum atomic E-state index is -4.44. The first-order valence-electron chi connectivity index (χ1n) is 9.11. The van der Waals surface area contributed by atoms with Crippen molar-refractivity contribution in [1.82, 2.24) is 4.98 Å². The van der Waals surface area contributed by atoms with E-state index in [1.807, 2.05) is 24.3 Å². The summed E-state index contributed by atoms with van der Waals surface area (Å²) < 4.78 is 44.5. The highest BCUT2D eigenvalue weighted by molar-refractivity contribution is 7.15. The smallest absolute Gasteiger partial charge is 0.416 e. The predicted molar refractivity (Wildman–Crippen MR) is 109 cm³/mol. The number of fused-ring (bicyclic) bond motifs is 1. The lowest BCUT2D eigenvalue weighted by Crippen LogP contribution is -2.32. The number of rotatable bonds is 4. The Hall–Kier alpha value is -2.58. The molecule has 0 saturated heterocycles. The lowest BCUT2D eigenvalue weighted by atomic mass is 9.96. The number of amides is 1. The number of carbonyl (C=O) groups excluding carboxylic acids is 1. The minimum absolute atomic E-state index is 0.191. The van der Waals surface area contributed by atoms with E-state index in [9.17, 15) is 18.0 Å². The van der Waals surface area contributed by atoms with Crippen LogP contribution in [-0.4, -0.2) is 17.5 Å². The molecule has 1 N–H and O–H groups in total. The van der Waals surface area contributed by atoms with Gasteiger partial charge in [0, 0.05) is 22.5 Å². The first kappa shape index (κ1) is 20.7. The molecule has 9 heteroatoms. The average molecular weight is 453 g/mol. The summed E-state index contributed by atoms with van der Waals surface area (Å²) in [6.45, 7) is 0.279. The summed E-state index contributed by atoms with van der Waals surface area (Å²) in [6, 6.07) is 10.8. The van der Waals surface area contributed by atoms with Crippen LogP contribution in [0.25, 0.3) is 0 Å². The second-order valence-corrected chi connectivity index (χ2v) is 8.44. The maximum absolute atomic E-state index is 12.9. The van der Waals surface area contributed by atoms with Crippen molar-refractivity contribution >= 4 is 34.0 Å². The van der Waals surface area contributed by atoms with Gasteiger partial charge in [0.05, 0.1) is 11.5 Å². The van der Waals surface area contributed by atoms with Gasteiger partial charge in [-0.1, -0.05) is 29.8 Å². The molecule has 156 valence electrons. The number of nitrogens with zero attached hydrogens (tertiary/aromatic N) is 1. The van der Waals surface area contributed by atoms with E-state index in [1.165, 1.54) is 23.6 Å². The van der Waals surface area contributed by atoms with Crippen LogP contribution in [-0.2, 0) is 23.8 Å². The monoisotopic (exact) mass is 452 g/mol. The minimum Gasteiger partial charge on any atom is -0.492 e. The van der Waals surface area contributed by atoms with Gasteiger partial charge in [-0.05, 0) is 41.8 Å². The number of anilines is 1. The number of benzene rings is 2. The van der Waals surface area contributed by atoms with Gasteiger partial charge in [-0.3, -0.25) is 4.79 Å². The largest absolute Gasteiger partial charge is 0.492 e. The molecule has 4 rings (SSSR count). The molecule has 0 radical (unpaired) electrons. The summed E-state index contributed by atoms with van der Waals surface area (Å²) in [7, 11) is 0. The fraction of sp³-hybridized carbons (Fsp3) is 0.238. The van der Waals surface area contributed by atoms with E-state index < -0.39 is 11.7 Å². The number of thiazole rings is 1. The Labute approximate surface area is 179 Å². The van der Waals surface area contributed by atoms with Crippen molar-refractivity contribution in [2.45, 2.75) is 19.0 Å². The van der Waals surface area contributed by atoms with Crippen LogP contribution >= 0.6 is 22.9 Å². The van der Waals surface area contributed by atoms with Crippen LogP contribution in [0.4, 0.5) is 18.3 Å². The zero-order chi connectivity index (χ0) is 21.3. The lowest BCUT2D eigenvalue weighted by Gasteiger charge is -2.24. The van der Waals surface area contributed by atoms with Crippen LogP contribution in [0.2, 0.25) is 5.02 Å². The fourth-order valence-electron chi connectivity index (χ4n) is 3.23. The average Bonchev–Trinajstić information content (AvgIpc) is 3.15. The first-order valence-corrected chi connectivity index (χ1v) is 10.3. The molecule has 1 amide bonds. The third-order valence-electron chi connectivity index (χ3n) is 4.77. The Bertz CT molecular complexity index is 1080. The number of ether oxygens (including phenoxy) is 1. The van der Waals surface area contributed by atoms with Crippen LogP contribution in [0.3, 0.4) is 0 Å². The van der Waals surface area contributed by atoms with Crippen LogP contribution in [0.5, 0.6) is 5.75 Å². The number of aromatic nitrogens is 1. The molecule has 1 aliphatic heterocycles. The topological polar surface area (TPSA) is 51.2 Å². The van der Waals surface area contributed by atoms with Gasteiger partial charge >= 0.3 is 6.18 Å². The summed E-state index contributed by atoms with van der Waals surface area (Å²) in [5.41, 5.74) is 0.575. The SMILES string of the molecule is O=C(Nc1ncc(Cc2cc(C(F)(F)F)ccc2Cl)s1)[C@@H]1COc2ccccc2C1. The number of hydrogen-bond acceptors (Lipinski definition) is 4. The summed E-state index contributed by atoms with van der Waals surface area (Å²) in [4.78, 5) is 17.4. The second-order valence-electron chi connectivity index (χ2n) is 6.92. The van der Waals surface area contributed by atoms with E-state index in [-0.39, 0.29) is 29.9 Å². The highest BCUT2D eigenvalue weighted by Crippen LogP contribution is 2.33. The zero-order valence-electron chi connectivity index (χ0n) is 15.5. The third-order valence-corrected chi connectivity index (χ3v) is 6.05. The van der Waals surface area contributed by atoms with E-state index >= 15 is 0 Å². The maximum atomic E-state index is 12.9. The molecule has 3 aromatic rings. The highest BCUT2D eigenvalue weighted by atomic mass is 35.5. The molecular weight excluding hydrogens is 437 g/mol. The van der Waals surface area contributed by atoms with Gasteiger partial charge in [0.15, 0.2) is 5.13 Å². The molecule has 0 spiro atoms. The van der Waals surface area contributed by atoms with Crippen molar-refractivity contribution in [3.8, 4) is 5.75 Å². The van der Waals surface area contributed by atoms with E-state index in [2.05, 4.69) is 10.3 Å². The third kappa shape index (κ3) is 4.60.